The normalized spacial score (nSPS) is 19.0. The van der Waals surface area contributed by atoms with Crippen molar-refractivity contribution < 1.29 is 14.8 Å². The molecule has 1 atom stereocenters. The summed E-state index contributed by atoms with van der Waals surface area (Å²) in [5.41, 5.74) is -0.0971. The van der Waals surface area contributed by atoms with Crippen LogP contribution in [-0.2, 0) is 4.79 Å². The number of nitro benzene ring substituents is 1. The summed E-state index contributed by atoms with van der Waals surface area (Å²) in [7, 11) is 0. The third-order valence-electron chi connectivity index (χ3n) is 3.82. The Morgan fingerprint density at radius 1 is 1.48 bits per heavy atom. The molecule has 0 spiro atoms. The fourth-order valence-corrected chi connectivity index (χ4v) is 2.50. The minimum atomic E-state index is -0.866. The van der Waals surface area contributed by atoms with Gasteiger partial charge in [-0.25, -0.2) is 0 Å². The molecule has 1 aromatic rings. The highest BCUT2D eigenvalue weighted by Crippen LogP contribution is 2.35. The number of rotatable bonds is 3. The van der Waals surface area contributed by atoms with Gasteiger partial charge in [0.25, 0.3) is 5.69 Å². The maximum Gasteiger partial charge on any atom is 0.292 e. The van der Waals surface area contributed by atoms with Gasteiger partial charge in [0.2, 0.25) is 5.91 Å². The molecular weight excluding hydrogens is 274 g/mol. The van der Waals surface area contributed by atoms with E-state index in [0.717, 1.165) is 0 Å². The number of nitrogens with zero attached hydrogens (tertiary/aromatic N) is 2. The summed E-state index contributed by atoms with van der Waals surface area (Å²) >= 11 is 0. The van der Waals surface area contributed by atoms with Crippen molar-refractivity contribution in [2.75, 3.05) is 18.0 Å². The number of carbonyl (C=O) groups excluding carboxylic acids is 1. The molecule has 1 aliphatic heterocycles. The Labute approximate surface area is 122 Å². The van der Waals surface area contributed by atoms with Gasteiger partial charge >= 0.3 is 0 Å². The Kier molecular flexibility index (Phi) is 3.87. The molecule has 0 aromatic heterocycles. The van der Waals surface area contributed by atoms with Crippen LogP contribution in [0.1, 0.15) is 32.4 Å². The topological polar surface area (TPSA) is 95.7 Å². The standard InChI is InChI=1S/C14H19N3O4/c1-9(18)10-4-5-11(12(8-10)17(20)21)16-7-6-15-13(19)14(16,2)3/h4-5,8-9,18H,6-7H2,1-3H3,(H,15,19)/t9-/m0/s1. The zero-order chi connectivity index (χ0) is 15.8. The first-order valence-electron chi connectivity index (χ1n) is 6.77. The fourth-order valence-electron chi connectivity index (χ4n) is 2.50. The molecule has 2 rings (SSSR count). The predicted molar refractivity (Wildman–Crippen MR) is 78.2 cm³/mol. The molecule has 1 saturated heterocycles. The second-order valence-corrected chi connectivity index (χ2v) is 5.65. The molecular formula is C14H19N3O4. The molecule has 0 unspecified atom stereocenters. The first kappa shape index (κ1) is 15.2. The molecule has 0 aliphatic carbocycles. The van der Waals surface area contributed by atoms with Crippen LogP contribution in [0.2, 0.25) is 0 Å². The molecule has 1 fully saturated rings. The Balaban J connectivity index is 2.52. The van der Waals surface area contributed by atoms with Crippen LogP contribution in [0.4, 0.5) is 11.4 Å². The van der Waals surface area contributed by atoms with E-state index < -0.39 is 16.6 Å². The lowest BCUT2D eigenvalue weighted by Gasteiger charge is -2.42. The number of aliphatic hydroxyl groups is 1. The molecule has 0 radical (unpaired) electrons. The molecule has 114 valence electrons. The number of hydrogen-bond donors (Lipinski definition) is 2. The van der Waals surface area contributed by atoms with Crippen LogP contribution in [0.25, 0.3) is 0 Å². The van der Waals surface area contributed by atoms with Gasteiger partial charge in [0.15, 0.2) is 0 Å². The number of carbonyl (C=O) groups is 1. The number of amides is 1. The highest BCUT2D eigenvalue weighted by atomic mass is 16.6. The monoisotopic (exact) mass is 293 g/mol. The molecule has 7 nitrogen and oxygen atoms in total. The summed E-state index contributed by atoms with van der Waals surface area (Å²) in [6, 6.07) is 4.61. The highest BCUT2D eigenvalue weighted by molar-refractivity contribution is 5.91. The Hall–Kier alpha value is -2.15. The minimum Gasteiger partial charge on any atom is -0.389 e. The van der Waals surface area contributed by atoms with E-state index in [1.165, 1.54) is 6.07 Å². The van der Waals surface area contributed by atoms with Crippen molar-refractivity contribution in [3.05, 3.63) is 33.9 Å². The second-order valence-electron chi connectivity index (χ2n) is 5.65. The van der Waals surface area contributed by atoms with Crippen LogP contribution in [0.3, 0.4) is 0 Å². The quantitative estimate of drug-likeness (QED) is 0.648. The first-order valence-corrected chi connectivity index (χ1v) is 6.77. The molecule has 1 aromatic carbocycles. The summed E-state index contributed by atoms with van der Waals surface area (Å²) in [4.78, 5) is 24.6. The van der Waals surface area contributed by atoms with Gasteiger partial charge in [0.1, 0.15) is 11.2 Å². The van der Waals surface area contributed by atoms with Crippen molar-refractivity contribution in [1.82, 2.24) is 5.32 Å². The van der Waals surface area contributed by atoms with Crippen molar-refractivity contribution >= 4 is 17.3 Å². The highest BCUT2D eigenvalue weighted by Gasteiger charge is 2.40. The summed E-state index contributed by atoms with van der Waals surface area (Å²) in [5, 5.41) is 23.7. The van der Waals surface area contributed by atoms with Gasteiger partial charge in [0.05, 0.1) is 11.0 Å². The van der Waals surface area contributed by atoms with Crippen LogP contribution in [0.5, 0.6) is 0 Å². The number of benzene rings is 1. The maximum absolute atomic E-state index is 12.0. The number of nitro groups is 1. The predicted octanol–water partition coefficient (Wildman–Crippen LogP) is 1.36. The third-order valence-corrected chi connectivity index (χ3v) is 3.82. The van der Waals surface area contributed by atoms with Gasteiger partial charge in [0, 0.05) is 19.2 Å². The van der Waals surface area contributed by atoms with Crippen molar-refractivity contribution in [2.45, 2.75) is 32.4 Å². The van der Waals surface area contributed by atoms with Crippen molar-refractivity contribution in [2.24, 2.45) is 0 Å². The van der Waals surface area contributed by atoms with E-state index in [1.54, 1.807) is 37.8 Å². The molecule has 0 bridgehead atoms. The van der Waals surface area contributed by atoms with Crippen molar-refractivity contribution in [1.29, 1.82) is 0 Å². The largest absolute Gasteiger partial charge is 0.389 e. The lowest BCUT2D eigenvalue weighted by molar-refractivity contribution is -0.384. The van der Waals surface area contributed by atoms with Crippen molar-refractivity contribution in [3.8, 4) is 0 Å². The fraction of sp³-hybridized carbons (Fsp3) is 0.500. The van der Waals surface area contributed by atoms with Crippen LogP contribution < -0.4 is 10.2 Å². The van der Waals surface area contributed by atoms with E-state index in [0.29, 0.717) is 24.3 Å². The van der Waals surface area contributed by atoms with E-state index in [2.05, 4.69) is 5.32 Å². The summed E-state index contributed by atoms with van der Waals surface area (Å²) in [6.07, 6.45) is -0.782. The van der Waals surface area contributed by atoms with Gasteiger partial charge in [-0.3, -0.25) is 14.9 Å². The van der Waals surface area contributed by atoms with Gasteiger partial charge in [-0.1, -0.05) is 6.07 Å². The molecule has 0 saturated carbocycles. The first-order chi connectivity index (χ1) is 9.75. The minimum absolute atomic E-state index is 0.101. The average molecular weight is 293 g/mol. The zero-order valence-electron chi connectivity index (χ0n) is 12.3. The average Bonchev–Trinajstić information content (AvgIpc) is 2.41. The zero-order valence-corrected chi connectivity index (χ0v) is 12.3. The Morgan fingerprint density at radius 3 is 2.71 bits per heavy atom. The number of anilines is 1. The number of aliphatic hydroxyl groups excluding tert-OH is 1. The summed E-state index contributed by atoms with van der Waals surface area (Å²) < 4.78 is 0. The van der Waals surface area contributed by atoms with Gasteiger partial charge in [-0.15, -0.1) is 0 Å². The molecule has 2 N–H and O–H groups in total. The molecule has 7 heteroatoms. The van der Waals surface area contributed by atoms with E-state index in [9.17, 15) is 20.0 Å². The lowest BCUT2D eigenvalue weighted by atomic mass is 9.97. The number of hydrogen-bond acceptors (Lipinski definition) is 5. The van der Waals surface area contributed by atoms with Crippen LogP contribution in [-0.4, -0.2) is 34.6 Å². The van der Waals surface area contributed by atoms with E-state index in [1.807, 2.05) is 0 Å². The summed E-state index contributed by atoms with van der Waals surface area (Å²) in [6.45, 7) is 5.95. The van der Waals surface area contributed by atoms with E-state index in [-0.39, 0.29) is 11.6 Å². The summed E-state index contributed by atoms with van der Waals surface area (Å²) in [5.74, 6) is -0.164. The van der Waals surface area contributed by atoms with Crippen LogP contribution in [0, 0.1) is 10.1 Å². The smallest absolute Gasteiger partial charge is 0.292 e. The molecule has 1 heterocycles. The molecule has 1 aliphatic rings. The molecule has 21 heavy (non-hydrogen) atoms. The maximum atomic E-state index is 12.0. The molecule has 1 amide bonds. The third kappa shape index (κ3) is 2.69. The van der Waals surface area contributed by atoms with Gasteiger partial charge < -0.3 is 15.3 Å². The lowest BCUT2D eigenvalue weighted by Crippen LogP contribution is -2.62. The Morgan fingerprint density at radius 2 is 2.14 bits per heavy atom. The van der Waals surface area contributed by atoms with E-state index >= 15 is 0 Å². The Bertz CT molecular complexity index is 584. The van der Waals surface area contributed by atoms with Crippen LogP contribution in [0.15, 0.2) is 18.2 Å². The van der Waals surface area contributed by atoms with Crippen LogP contribution >= 0.6 is 0 Å². The SMILES string of the molecule is C[C@H](O)c1ccc(N2CCNC(=O)C2(C)C)c([N+](=O)[O-])c1. The van der Waals surface area contributed by atoms with Gasteiger partial charge in [-0.2, -0.15) is 0 Å². The number of piperazine rings is 1. The second kappa shape index (κ2) is 5.33. The van der Waals surface area contributed by atoms with E-state index in [4.69, 9.17) is 0 Å². The number of nitrogens with one attached hydrogen (secondary N) is 1. The van der Waals surface area contributed by atoms with Crippen molar-refractivity contribution in [3.63, 3.8) is 0 Å². The van der Waals surface area contributed by atoms with Gasteiger partial charge in [-0.05, 0) is 32.4 Å².